The number of carboxylic acids is 1. The van der Waals surface area contributed by atoms with Gasteiger partial charge in [-0.15, -0.1) is 0 Å². The van der Waals surface area contributed by atoms with Crippen molar-refractivity contribution in [1.29, 1.82) is 0 Å². The molecule has 0 spiro atoms. The van der Waals surface area contributed by atoms with Crippen LogP contribution in [0.2, 0.25) is 0 Å². The molecule has 28 heavy (non-hydrogen) atoms. The predicted molar refractivity (Wildman–Crippen MR) is 98.9 cm³/mol. The molecule has 0 fully saturated rings. The van der Waals surface area contributed by atoms with Gasteiger partial charge in [-0.25, -0.2) is 0 Å². The highest BCUT2D eigenvalue weighted by Crippen LogP contribution is 2.15. The molecular formula is C19H23N4O5+. The first-order valence-electron chi connectivity index (χ1n) is 8.90. The van der Waals surface area contributed by atoms with Crippen molar-refractivity contribution in [2.75, 3.05) is 18.4 Å². The van der Waals surface area contributed by atoms with Gasteiger partial charge in [-0.3, -0.25) is 14.9 Å². The number of carboxylic acid groups (broad SMARTS) is 1. The number of carbonyl (C=O) groups excluding carboxylic acids is 2. The Morgan fingerprint density at radius 2 is 1.71 bits per heavy atom. The van der Waals surface area contributed by atoms with Crippen molar-refractivity contribution in [2.24, 2.45) is 0 Å². The van der Waals surface area contributed by atoms with Gasteiger partial charge < -0.3 is 25.9 Å². The van der Waals surface area contributed by atoms with Gasteiger partial charge in [0.1, 0.15) is 25.7 Å². The minimum absolute atomic E-state index is 0.0919. The summed E-state index contributed by atoms with van der Waals surface area (Å²) < 4.78 is 0. The van der Waals surface area contributed by atoms with Gasteiger partial charge in [-0.1, -0.05) is 30.3 Å². The summed E-state index contributed by atoms with van der Waals surface area (Å²) in [5.41, 5.74) is 1.45. The van der Waals surface area contributed by atoms with E-state index in [4.69, 9.17) is 0 Å². The van der Waals surface area contributed by atoms with E-state index >= 15 is 0 Å². The summed E-state index contributed by atoms with van der Waals surface area (Å²) in [6.07, 6.45) is -0.252. The van der Waals surface area contributed by atoms with Crippen LogP contribution in [-0.4, -0.2) is 35.9 Å². The van der Waals surface area contributed by atoms with Gasteiger partial charge in [0.2, 0.25) is 5.91 Å². The van der Waals surface area contributed by atoms with Gasteiger partial charge >= 0.3 is 0 Å². The predicted octanol–water partition coefficient (Wildman–Crippen LogP) is -1.63. The van der Waals surface area contributed by atoms with Crippen LogP contribution in [0.25, 0.3) is 0 Å². The normalized spacial score (nSPS) is 11.6. The van der Waals surface area contributed by atoms with Crippen LogP contribution in [0.4, 0.5) is 11.4 Å². The highest BCUT2D eigenvalue weighted by Gasteiger charge is 2.18. The van der Waals surface area contributed by atoms with Crippen LogP contribution in [0, 0.1) is 10.1 Å². The summed E-state index contributed by atoms with van der Waals surface area (Å²) in [6.45, 7) is 2.02. The molecule has 0 bridgehead atoms. The minimum atomic E-state index is -1.30. The molecule has 0 saturated heterocycles. The molecule has 2 rings (SSSR count). The lowest BCUT2D eigenvalue weighted by molar-refractivity contribution is -0.742. The van der Waals surface area contributed by atoms with E-state index in [-0.39, 0.29) is 12.1 Å². The standard InChI is InChI=1S/C19H22N4O5/c24-18(22-15-6-8-16(9-7-15)23(27)28)12-17(19(25)26)21-11-10-20-13-14-4-2-1-3-5-14/h1-9,17,20-21H,10-13H2,(H,22,24)(H,25,26)/p+1/t17-/m1/s1. The lowest BCUT2D eigenvalue weighted by Gasteiger charge is -2.16. The molecule has 1 atom stereocenters. The lowest BCUT2D eigenvalue weighted by Crippen LogP contribution is -2.99. The number of aliphatic carboxylic acids is 1. The first-order chi connectivity index (χ1) is 13.5. The zero-order valence-electron chi connectivity index (χ0n) is 15.2. The van der Waals surface area contributed by atoms with Crippen LogP contribution in [0.1, 0.15) is 12.0 Å². The summed E-state index contributed by atoms with van der Waals surface area (Å²) in [6, 6.07) is 14.2. The zero-order chi connectivity index (χ0) is 20.4. The van der Waals surface area contributed by atoms with Crippen LogP contribution in [0.5, 0.6) is 0 Å². The first kappa shape index (κ1) is 21.0. The molecule has 0 aliphatic carbocycles. The summed E-state index contributed by atoms with van der Waals surface area (Å²) in [7, 11) is 0. The molecule has 0 unspecified atom stereocenters. The van der Waals surface area contributed by atoms with Crippen molar-refractivity contribution in [2.45, 2.75) is 19.0 Å². The molecule has 0 radical (unpaired) electrons. The van der Waals surface area contributed by atoms with Crippen molar-refractivity contribution in [3.05, 3.63) is 70.3 Å². The Kier molecular flexibility index (Phi) is 8.07. The Labute approximate surface area is 161 Å². The van der Waals surface area contributed by atoms with Crippen molar-refractivity contribution in [3.8, 4) is 0 Å². The van der Waals surface area contributed by atoms with Crippen molar-refractivity contribution < 1.29 is 30.3 Å². The molecule has 0 aliphatic rings. The highest BCUT2D eigenvalue weighted by atomic mass is 16.6. The quantitative estimate of drug-likeness (QED) is 0.241. The Hall–Kier alpha value is -3.30. The number of nitrogens with zero attached hydrogens (tertiary/aromatic N) is 1. The second kappa shape index (κ2) is 10.8. The Balaban J connectivity index is 1.74. The Morgan fingerprint density at radius 3 is 2.32 bits per heavy atom. The summed E-state index contributed by atoms with van der Waals surface area (Å²) in [4.78, 5) is 33.4. The molecule has 5 N–H and O–H groups in total. The van der Waals surface area contributed by atoms with Crippen LogP contribution >= 0.6 is 0 Å². The van der Waals surface area contributed by atoms with Crippen molar-refractivity contribution in [1.82, 2.24) is 0 Å². The van der Waals surface area contributed by atoms with E-state index in [1.807, 2.05) is 30.3 Å². The lowest BCUT2D eigenvalue weighted by atomic mass is 10.2. The maximum Gasteiger partial charge on any atom is 0.269 e. The second-order valence-corrected chi connectivity index (χ2v) is 6.27. The van der Waals surface area contributed by atoms with Crippen molar-refractivity contribution >= 4 is 23.3 Å². The van der Waals surface area contributed by atoms with Gasteiger partial charge in [-0.2, -0.15) is 0 Å². The van der Waals surface area contributed by atoms with E-state index in [0.717, 1.165) is 6.54 Å². The number of hydrogen-bond acceptors (Lipinski definition) is 5. The topological polar surface area (TPSA) is 146 Å². The number of nitrogens with one attached hydrogen (secondary N) is 1. The van der Waals surface area contributed by atoms with Gasteiger partial charge in [0.15, 0.2) is 0 Å². The van der Waals surface area contributed by atoms with Crippen LogP contribution in [0.3, 0.4) is 0 Å². The first-order valence-corrected chi connectivity index (χ1v) is 8.90. The van der Waals surface area contributed by atoms with E-state index in [2.05, 4.69) is 10.6 Å². The van der Waals surface area contributed by atoms with E-state index < -0.39 is 22.8 Å². The SMILES string of the molecule is O=C(C[C@@H]([NH2+]CC[NH2+]Cc1ccccc1)C(=O)[O-])Nc1ccc([N+](=O)[O-])cc1. The summed E-state index contributed by atoms with van der Waals surface area (Å²) >= 11 is 0. The minimum Gasteiger partial charge on any atom is -0.544 e. The molecule has 0 saturated carbocycles. The number of carbonyl (C=O) groups is 2. The number of amides is 1. The maximum atomic E-state index is 12.1. The number of quaternary nitrogens is 2. The zero-order valence-corrected chi connectivity index (χ0v) is 15.2. The molecule has 148 valence electrons. The van der Waals surface area contributed by atoms with Crippen LogP contribution in [-0.2, 0) is 16.1 Å². The average Bonchev–Trinajstić information content (AvgIpc) is 2.68. The fourth-order valence-corrected chi connectivity index (χ4v) is 2.64. The van der Waals surface area contributed by atoms with Crippen molar-refractivity contribution in [3.63, 3.8) is 0 Å². The average molecular weight is 387 g/mol. The van der Waals surface area contributed by atoms with Gasteiger partial charge in [0.05, 0.1) is 17.3 Å². The molecular weight excluding hydrogens is 364 g/mol. The Bertz CT molecular complexity index is 796. The molecule has 9 heteroatoms. The van der Waals surface area contributed by atoms with Gasteiger partial charge in [0, 0.05) is 23.4 Å². The third-order valence-corrected chi connectivity index (χ3v) is 4.11. The van der Waals surface area contributed by atoms with E-state index in [9.17, 15) is 24.8 Å². The number of nitro benzene ring substituents is 1. The largest absolute Gasteiger partial charge is 0.544 e. The fourth-order valence-electron chi connectivity index (χ4n) is 2.64. The summed E-state index contributed by atoms with van der Waals surface area (Å²) in [5.74, 6) is -1.80. The monoisotopic (exact) mass is 387 g/mol. The fraction of sp³-hybridized carbons (Fsp3) is 0.263. The summed E-state index contributed by atoms with van der Waals surface area (Å²) in [5, 5.41) is 28.1. The molecule has 9 nitrogen and oxygen atoms in total. The third-order valence-electron chi connectivity index (χ3n) is 4.11. The molecule has 0 heterocycles. The number of anilines is 1. The molecule has 1 amide bonds. The molecule has 2 aromatic carbocycles. The highest BCUT2D eigenvalue weighted by molar-refractivity contribution is 5.93. The number of benzene rings is 2. The number of rotatable bonds is 11. The number of hydrogen-bond donors (Lipinski definition) is 3. The van der Waals surface area contributed by atoms with Gasteiger partial charge in [-0.05, 0) is 12.1 Å². The van der Waals surface area contributed by atoms with Crippen LogP contribution in [0.15, 0.2) is 54.6 Å². The maximum absolute atomic E-state index is 12.1. The number of non-ortho nitro benzene ring substituents is 1. The van der Waals surface area contributed by atoms with E-state index in [1.165, 1.54) is 29.8 Å². The Morgan fingerprint density at radius 1 is 1.04 bits per heavy atom. The van der Waals surface area contributed by atoms with Gasteiger partial charge in [0.25, 0.3) is 5.69 Å². The van der Waals surface area contributed by atoms with E-state index in [0.29, 0.717) is 18.8 Å². The second-order valence-electron chi connectivity index (χ2n) is 6.27. The number of nitrogens with two attached hydrogens (primary N) is 2. The number of nitro groups is 1. The molecule has 0 aliphatic heterocycles. The third kappa shape index (κ3) is 7.14. The molecule has 0 aromatic heterocycles. The van der Waals surface area contributed by atoms with E-state index in [1.54, 1.807) is 5.32 Å². The van der Waals surface area contributed by atoms with Crippen LogP contribution < -0.4 is 21.1 Å². The smallest absolute Gasteiger partial charge is 0.269 e. The molecule has 2 aromatic rings.